The Morgan fingerprint density at radius 2 is 1.95 bits per heavy atom. The van der Waals surface area contributed by atoms with Gasteiger partial charge in [-0.3, -0.25) is 4.79 Å². The maximum absolute atomic E-state index is 12.3. The van der Waals surface area contributed by atoms with Crippen molar-refractivity contribution in [2.24, 2.45) is 0 Å². The molecule has 104 valence electrons. The summed E-state index contributed by atoms with van der Waals surface area (Å²) in [5.74, 6) is 0.574. The van der Waals surface area contributed by atoms with E-state index in [-0.39, 0.29) is 5.78 Å². The third kappa shape index (κ3) is 4.04. The van der Waals surface area contributed by atoms with Crippen LogP contribution in [-0.2, 0) is 9.47 Å². The molecule has 4 nitrogen and oxygen atoms in total. The first-order valence-electron chi connectivity index (χ1n) is 6.78. The summed E-state index contributed by atoms with van der Waals surface area (Å²) in [5, 5.41) is 0. The van der Waals surface area contributed by atoms with Crippen molar-refractivity contribution in [3.05, 3.63) is 29.8 Å². The smallest absolute Gasteiger partial charge is 0.222 e. The largest absolute Gasteiger partial charge is 0.490 e. The van der Waals surface area contributed by atoms with Crippen LogP contribution in [0.15, 0.2) is 24.3 Å². The molecule has 0 radical (unpaired) electrons. The zero-order valence-electron chi connectivity index (χ0n) is 11.4. The van der Waals surface area contributed by atoms with E-state index in [0.29, 0.717) is 24.9 Å². The Kier molecular flexibility index (Phi) is 4.93. The van der Waals surface area contributed by atoms with Crippen LogP contribution in [0.25, 0.3) is 0 Å². The van der Waals surface area contributed by atoms with Crippen LogP contribution in [0.4, 0.5) is 0 Å². The first-order chi connectivity index (χ1) is 9.24. The molecule has 0 aliphatic heterocycles. The monoisotopic (exact) mass is 264 g/mol. The SMILES string of the molecule is CCOC(OCC)C(=O)c1cccc(OC2CC2)c1. The second-order valence-corrected chi connectivity index (χ2v) is 4.45. The summed E-state index contributed by atoms with van der Waals surface area (Å²) in [7, 11) is 0. The van der Waals surface area contributed by atoms with Crippen molar-refractivity contribution in [3.8, 4) is 5.75 Å². The van der Waals surface area contributed by atoms with Crippen LogP contribution in [0.2, 0.25) is 0 Å². The molecule has 19 heavy (non-hydrogen) atoms. The predicted octanol–water partition coefficient (Wildman–Crippen LogP) is 2.81. The standard InChI is InChI=1S/C15H20O4/c1-3-17-15(18-4-2)14(16)11-6-5-7-13(10-11)19-12-8-9-12/h5-7,10,12,15H,3-4,8-9H2,1-2H3. The van der Waals surface area contributed by atoms with Crippen LogP contribution in [-0.4, -0.2) is 31.4 Å². The van der Waals surface area contributed by atoms with Crippen LogP contribution in [0.3, 0.4) is 0 Å². The molecule has 1 fully saturated rings. The highest BCUT2D eigenvalue weighted by Gasteiger charge is 2.25. The van der Waals surface area contributed by atoms with Crippen molar-refractivity contribution >= 4 is 5.78 Å². The first kappa shape index (κ1) is 14.0. The van der Waals surface area contributed by atoms with Gasteiger partial charge in [0.05, 0.1) is 6.10 Å². The number of ether oxygens (including phenoxy) is 3. The Hall–Kier alpha value is -1.39. The molecule has 0 aromatic heterocycles. The van der Waals surface area contributed by atoms with Crippen LogP contribution in [0, 0.1) is 0 Å². The van der Waals surface area contributed by atoms with E-state index in [9.17, 15) is 4.79 Å². The minimum Gasteiger partial charge on any atom is -0.490 e. The van der Waals surface area contributed by atoms with E-state index in [1.54, 1.807) is 12.1 Å². The fourth-order valence-electron chi connectivity index (χ4n) is 1.74. The number of carbonyl (C=O) groups excluding carboxylic acids is 1. The number of ketones is 1. The number of rotatable bonds is 8. The number of carbonyl (C=O) groups is 1. The van der Waals surface area contributed by atoms with Crippen molar-refractivity contribution in [2.75, 3.05) is 13.2 Å². The van der Waals surface area contributed by atoms with E-state index in [4.69, 9.17) is 14.2 Å². The Morgan fingerprint density at radius 1 is 1.26 bits per heavy atom. The lowest BCUT2D eigenvalue weighted by Crippen LogP contribution is -2.27. The van der Waals surface area contributed by atoms with E-state index in [1.165, 1.54) is 0 Å². The van der Waals surface area contributed by atoms with E-state index in [2.05, 4.69) is 0 Å². The summed E-state index contributed by atoms with van der Waals surface area (Å²) in [5.41, 5.74) is 0.560. The summed E-state index contributed by atoms with van der Waals surface area (Å²) in [4.78, 5) is 12.3. The summed E-state index contributed by atoms with van der Waals surface area (Å²) in [6.07, 6.45) is 1.68. The van der Waals surface area contributed by atoms with Gasteiger partial charge >= 0.3 is 0 Å². The second-order valence-electron chi connectivity index (χ2n) is 4.45. The minimum absolute atomic E-state index is 0.162. The molecule has 0 N–H and O–H groups in total. The second kappa shape index (κ2) is 6.68. The van der Waals surface area contributed by atoms with Crippen LogP contribution in [0.5, 0.6) is 5.75 Å². The molecule has 0 amide bonds. The highest BCUT2D eigenvalue weighted by molar-refractivity contribution is 5.98. The van der Waals surface area contributed by atoms with Crippen LogP contribution in [0.1, 0.15) is 37.0 Å². The van der Waals surface area contributed by atoms with E-state index in [0.717, 1.165) is 18.6 Å². The van der Waals surface area contributed by atoms with Crippen LogP contribution >= 0.6 is 0 Å². The fourth-order valence-corrected chi connectivity index (χ4v) is 1.74. The van der Waals surface area contributed by atoms with Crippen molar-refractivity contribution in [2.45, 2.75) is 39.1 Å². The van der Waals surface area contributed by atoms with Gasteiger partial charge in [-0.1, -0.05) is 12.1 Å². The van der Waals surface area contributed by atoms with Gasteiger partial charge in [-0.05, 0) is 38.8 Å². The van der Waals surface area contributed by atoms with Gasteiger partial charge < -0.3 is 14.2 Å². The Balaban J connectivity index is 2.07. The molecule has 1 aromatic carbocycles. The summed E-state index contributed by atoms with van der Waals surface area (Å²) in [6, 6.07) is 7.20. The molecule has 0 atom stereocenters. The van der Waals surface area contributed by atoms with Gasteiger partial charge in [0, 0.05) is 18.8 Å². The van der Waals surface area contributed by atoms with Gasteiger partial charge in [0.15, 0.2) is 0 Å². The predicted molar refractivity (Wildman–Crippen MR) is 71.5 cm³/mol. The zero-order chi connectivity index (χ0) is 13.7. The van der Waals surface area contributed by atoms with Gasteiger partial charge in [0.25, 0.3) is 0 Å². The average Bonchev–Trinajstić information content (AvgIpc) is 3.22. The van der Waals surface area contributed by atoms with Gasteiger partial charge in [0.1, 0.15) is 5.75 Å². The van der Waals surface area contributed by atoms with Crippen LogP contribution < -0.4 is 4.74 Å². The minimum atomic E-state index is -0.828. The molecule has 1 saturated carbocycles. The molecule has 0 heterocycles. The molecular weight excluding hydrogens is 244 g/mol. The normalized spacial score (nSPS) is 14.7. The van der Waals surface area contributed by atoms with E-state index >= 15 is 0 Å². The van der Waals surface area contributed by atoms with Gasteiger partial charge in [-0.15, -0.1) is 0 Å². The van der Waals surface area contributed by atoms with Gasteiger partial charge in [0.2, 0.25) is 12.1 Å². The molecule has 0 bridgehead atoms. The lowest BCUT2D eigenvalue weighted by Gasteiger charge is -2.16. The summed E-state index contributed by atoms with van der Waals surface area (Å²) < 4.78 is 16.3. The summed E-state index contributed by atoms with van der Waals surface area (Å²) >= 11 is 0. The Labute approximate surface area is 113 Å². The molecular formula is C15H20O4. The van der Waals surface area contributed by atoms with E-state index in [1.807, 2.05) is 26.0 Å². The molecule has 0 saturated heterocycles. The van der Waals surface area contributed by atoms with Crippen molar-refractivity contribution < 1.29 is 19.0 Å². The lowest BCUT2D eigenvalue weighted by atomic mass is 10.1. The molecule has 1 aliphatic rings. The maximum atomic E-state index is 12.3. The Bertz CT molecular complexity index is 420. The topological polar surface area (TPSA) is 44.8 Å². The molecule has 0 unspecified atom stereocenters. The van der Waals surface area contributed by atoms with Crippen molar-refractivity contribution in [1.29, 1.82) is 0 Å². The maximum Gasteiger partial charge on any atom is 0.222 e. The van der Waals surface area contributed by atoms with Crippen molar-refractivity contribution in [3.63, 3.8) is 0 Å². The molecule has 4 heteroatoms. The lowest BCUT2D eigenvalue weighted by molar-refractivity contribution is -0.107. The number of hydrogen-bond acceptors (Lipinski definition) is 4. The zero-order valence-corrected chi connectivity index (χ0v) is 11.4. The summed E-state index contributed by atoms with van der Waals surface area (Å²) in [6.45, 7) is 4.56. The third-order valence-electron chi connectivity index (χ3n) is 2.80. The van der Waals surface area contributed by atoms with Gasteiger partial charge in [-0.25, -0.2) is 0 Å². The number of hydrogen-bond donors (Lipinski definition) is 0. The first-order valence-corrected chi connectivity index (χ1v) is 6.78. The van der Waals surface area contributed by atoms with Crippen molar-refractivity contribution in [1.82, 2.24) is 0 Å². The highest BCUT2D eigenvalue weighted by Crippen LogP contribution is 2.27. The van der Waals surface area contributed by atoms with E-state index < -0.39 is 6.29 Å². The number of Topliss-reactive ketones (excluding diaryl/α,β-unsaturated/α-hetero) is 1. The Morgan fingerprint density at radius 3 is 2.53 bits per heavy atom. The quantitative estimate of drug-likeness (QED) is 0.535. The van der Waals surface area contributed by atoms with Gasteiger partial charge in [-0.2, -0.15) is 0 Å². The molecule has 1 aliphatic carbocycles. The highest BCUT2D eigenvalue weighted by atomic mass is 16.7. The third-order valence-corrected chi connectivity index (χ3v) is 2.80. The number of benzene rings is 1. The molecule has 2 rings (SSSR count). The fraction of sp³-hybridized carbons (Fsp3) is 0.533. The molecule has 1 aromatic rings. The molecule has 0 spiro atoms. The average molecular weight is 264 g/mol.